The third kappa shape index (κ3) is 2.50. The van der Waals surface area contributed by atoms with Gasteiger partial charge in [-0.3, -0.25) is 9.59 Å². The number of alkyl halides is 3. The molecule has 0 saturated heterocycles. The third-order valence-corrected chi connectivity index (χ3v) is 2.66. The first-order chi connectivity index (χ1) is 7.46. The standard InChI is InChI=1S/C11H14F3NO2/c1-10(2,3)8-6(16)5-7(11(12,13)14)15(4)9(8)17/h5,8H,1-4H3. The van der Waals surface area contributed by atoms with Gasteiger partial charge in [-0.15, -0.1) is 0 Å². The largest absolute Gasteiger partial charge is 0.431 e. The highest BCUT2D eigenvalue weighted by Gasteiger charge is 2.48. The molecule has 1 rings (SSSR count). The maximum absolute atomic E-state index is 12.5. The van der Waals surface area contributed by atoms with Crippen LogP contribution in [0.4, 0.5) is 13.2 Å². The molecule has 0 aromatic heterocycles. The summed E-state index contributed by atoms with van der Waals surface area (Å²) in [6.07, 6.45) is -4.18. The Morgan fingerprint density at radius 3 is 2.00 bits per heavy atom. The number of ketones is 1. The lowest BCUT2D eigenvalue weighted by Crippen LogP contribution is -2.48. The lowest BCUT2D eigenvalue weighted by atomic mass is 9.75. The summed E-state index contributed by atoms with van der Waals surface area (Å²) >= 11 is 0. The van der Waals surface area contributed by atoms with Crippen molar-refractivity contribution in [2.24, 2.45) is 11.3 Å². The number of halogens is 3. The first-order valence-corrected chi connectivity index (χ1v) is 5.06. The summed E-state index contributed by atoms with van der Waals surface area (Å²) in [6.45, 7) is 4.94. The molecule has 0 spiro atoms. The summed E-state index contributed by atoms with van der Waals surface area (Å²) in [7, 11) is 1.03. The van der Waals surface area contributed by atoms with Gasteiger partial charge in [-0.2, -0.15) is 13.2 Å². The molecule has 0 aliphatic carbocycles. The van der Waals surface area contributed by atoms with E-state index in [1.165, 1.54) is 0 Å². The van der Waals surface area contributed by atoms with Crippen LogP contribution in [0.3, 0.4) is 0 Å². The van der Waals surface area contributed by atoms with Crippen LogP contribution in [0.25, 0.3) is 0 Å². The van der Waals surface area contributed by atoms with Crippen LogP contribution in [-0.4, -0.2) is 29.8 Å². The zero-order valence-electron chi connectivity index (χ0n) is 10.1. The molecule has 0 radical (unpaired) electrons. The maximum Gasteiger partial charge on any atom is 0.431 e. The molecule has 1 heterocycles. The minimum absolute atomic E-state index is 0.511. The number of rotatable bonds is 0. The second-order valence-electron chi connectivity index (χ2n) is 5.13. The van der Waals surface area contributed by atoms with Crippen molar-refractivity contribution in [3.63, 3.8) is 0 Å². The molecule has 0 bridgehead atoms. The summed E-state index contributed by atoms with van der Waals surface area (Å²) in [4.78, 5) is 23.9. The Bertz CT molecular complexity index is 391. The number of allylic oxidation sites excluding steroid dienone is 2. The molecule has 17 heavy (non-hydrogen) atoms. The van der Waals surface area contributed by atoms with E-state index in [4.69, 9.17) is 0 Å². The number of amides is 1. The highest BCUT2D eigenvalue weighted by molar-refractivity contribution is 6.10. The topological polar surface area (TPSA) is 37.4 Å². The monoisotopic (exact) mass is 249 g/mol. The summed E-state index contributed by atoms with van der Waals surface area (Å²) < 4.78 is 37.6. The van der Waals surface area contributed by atoms with Crippen molar-refractivity contribution in [2.45, 2.75) is 26.9 Å². The zero-order valence-corrected chi connectivity index (χ0v) is 10.1. The minimum atomic E-state index is -4.69. The Labute approximate surface area is 97.3 Å². The Hall–Kier alpha value is -1.33. The average molecular weight is 249 g/mol. The SMILES string of the molecule is CN1C(=O)C(C(C)(C)C)C(=O)C=C1C(F)(F)F. The molecule has 0 N–H and O–H groups in total. The highest BCUT2D eigenvalue weighted by atomic mass is 19.4. The molecule has 1 aliphatic rings. The van der Waals surface area contributed by atoms with Gasteiger partial charge in [-0.25, -0.2) is 0 Å². The Morgan fingerprint density at radius 2 is 1.65 bits per heavy atom. The van der Waals surface area contributed by atoms with E-state index in [0.717, 1.165) is 7.05 Å². The van der Waals surface area contributed by atoms with E-state index < -0.39 is 34.9 Å². The second-order valence-corrected chi connectivity index (χ2v) is 5.13. The van der Waals surface area contributed by atoms with Crippen LogP contribution in [0.2, 0.25) is 0 Å². The molecular weight excluding hydrogens is 235 g/mol. The van der Waals surface area contributed by atoms with Crippen LogP contribution < -0.4 is 0 Å². The van der Waals surface area contributed by atoms with Gasteiger partial charge in [0, 0.05) is 13.1 Å². The smallest absolute Gasteiger partial charge is 0.310 e. The molecule has 96 valence electrons. The molecule has 6 heteroatoms. The van der Waals surface area contributed by atoms with Gasteiger partial charge in [0.15, 0.2) is 5.78 Å². The van der Waals surface area contributed by atoms with Crippen LogP contribution in [0, 0.1) is 11.3 Å². The Kier molecular flexibility index (Phi) is 3.11. The predicted molar refractivity (Wildman–Crippen MR) is 54.9 cm³/mol. The molecule has 1 unspecified atom stereocenters. The average Bonchev–Trinajstić information content (AvgIpc) is 2.07. The van der Waals surface area contributed by atoms with Crippen LogP contribution in [0.1, 0.15) is 20.8 Å². The molecular formula is C11H14F3NO2. The summed E-state index contributed by atoms with van der Waals surface area (Å²) in [5.74, 6) is -2.65. The number of carbonyl (C=O) groups is 2. The molecule has 0 aromatic carbocycles. The van der Waals surface area contributed by atoms with Gasteiger partial charge in [0.2, 0.25) is 5.91 Å². The Morgan fingerprint density at radius 1 is 1.18 bits per heavy atom. The molecule has 1 atom stereocenters. The first kappa shape index (κ1) is 13.7. The van der Waals surface area contributed by atoms with Crippen molar-refractivity contribution < 1.29 is 22.8 Å². The fraction of sp³-hybridized carbons (Fsp3) is 0.636. The van der Waals surface area contributed by atoms with E-state index in [-0.39, 0.29) is 0 Å². The van der Waals surface area contributed by atoms with Gasteiger partial charge in [-0.1, -0.05) is 20.8 Å². The van der Waals surface area contributed by atoms with Gasteiger partial charge in [0.05, 0.1) is 0 Å². The van der Waals surface area contributed by atoms with Gasteiger partial charge < -0.3 is 4.90 Å². The van der Waals surface area contributed by atoms with Crippen LogP contribution in [0.5, 0.6) is 0 Å². The second kappa shape index (κ2) is 3.85. The zero-order chi connectivity index (χ0) is 13.6. The fourth-order valence-corrected chi connectivity index (χ4v) is 1.82. The van der Waals surface area contributed by atoms with E-state index in [2.05, 4.69) is 0 Å². The number of hydrogen-bond acceptors (Lipinski definition) is 2. The first-order valence-electron chi connectivity index (χ1n) is 5.06. The van der Waals surface area contributed by atoms with Crippen molar-refractivity contribution >= 4 is 11.7 Å². The van der Waals surface area contributed by atoms with Crippen molar-refractivity contribution in [3.05, 3.63) is 11.8 Å². The van der Waals surface area contributed by atoms with Crippen molar-refractivity contribution in [3.8, 4) is 0 Å². The van der Waals surface area contributed by atoms with Crippen LogP contribution in [0.15, 0.2) is 11.8 Å². The van der Waals surface area contributed by atoms with E-state index >= 15 is 0 Å². The number of carbonyl (C=O) groups excluding carboxylic acids is 2. The van der Waals surface area contributed by atoms with Gasteiger partial charge in [0.1, 0.15) is 11.6 Å². The van der Waals surface area contributed by atoms with Crippen molar-refractivity contribution in [2.75, 3.05) is 7.05 Å². The van der Waals surface area contributed by atoms with Crippen LogP contribution in [-0.2, 0) is 9.59 Å². The third-order valence-electron chi connectivity index (χ3n) is 2.66. The quantitative estimate of drug-likeness (QED) is 0.617. The summed E-state index contributed by atoms with van der Waals surface area (Å²) in [6, 6.07) is 0. The van der Waals surface area contributed by atoms with E-state index in [1.54, 1.807) is 20.8 Å². The van der Waals surface area contributed by atoms with E-state index in [1.807, 2.05) is 0 Å². The molecule has 1 aliphatic heterocycles. The lowest BCUT2D eigenvalue weighted by molar-refractivity contribution is -0.153. The van der Waals surface area contributed by atoms with Crippen LogP contribution >= 0.6 is 0 Å². The van der Waals surface area contributed by atoms with Gasteiger partial charge in [0.25, 0.3) is 0 Å². The highest BCUT2D eigenvalue weighted by Crippen LogP contribution is 2.37. The van der Waals surface area contributed by atoms with Gasteiger partial charge >= 0.3 is 6.18 Å². The normalized spacial score (nSPS) is 22.9. The summed E-state index contributed by atoms with van der Waals surface area (Å²) in [5.41, 5.74) is -1.90. The van der Waals surface area contributed by atoms with Crippen molar-refractivity contribution in [1.82, 2.24) is 4.90 Å². The predicted octanol–water partition coefficient (Wildman–Crippen LogP) is 2.14. The molecule has 0 aromatic rings. The maximum atomic E-state index is 12.5. The molecule has 0 saturated carbocycles. The number of nitrogens with zero attached hydrogens (tertiary/aromatic N) is 1. The number of hydrogen-bond donors (Lipinski definition) is 0. The molecule has 3 nitrogen and oxygen atoms in total. The van der Waals surface area contributed by atoms with E-state index in [0.29, 0.717) is 11.0 Å². The fourth-order valence-electron chi connectivity index (χ4n) is 1.82. The summed E-state index contributed by atoms with van der Waals surface area (Å²) in [5, 5.41) is 0. The van der Waals surface area contributed by atoms with Gasteiger partial charge in [-0.05, 0) is 5.41 Å². The minimum Gasteiger partial charge on any atom is -0.310 e. The lowest BCUT2D eigenvalue weighted by Gasteiger charge is -2.36. The molecule has 0 fully saturated rings. The van der Waals surface area contributed by atoms with Crippen molar-refractivity contribution in [1.29, 1.82) is 0 Å². The molecule has 1 amide bonds. The Balaban J connectivity index is 3.24. The van der Waals surface area contributed by atoms with E-state index in [9.17, 15) is 22.8 Å².